The number of aliphatic hydroxyl groups is 1. The monoisotopic (exact) mass is 439 g/mol. The number of ether oxygens (including phenoxy) is 2. The van der Waals surface area contributed by atoms with Gasteiger partial charge in [0.2, 0.25) is 5.91 Å². The smallest absolute Gasteiger partial charge is 0.354 e. The first kappa shape index (κ1) is 23.3. The Morgan fingerprint density at radius 1 is 1.16 bits per heavy atom. The Kier molecular flexibility index (Phi) is 7.83. The molecule has 0 saturated carbocycles. The Balaban J connectivity index is 1.60. The molecule has 2 unspecified atom stereocenters. The van der Waals surface area contributed by atoms with Crippen molar-refractivity contribution in [2.75, 3.05) is 24.8 Å². The largest absolute Gasteiger partial charge is 0.490 e. The average molecular weight is 440 g/mol. The van der Waals surface area contributed by atoms with Crippen LogP contribution in [0.2, 0.25) is 0 Å². The number of nitrogens with zero attached hydrogens (tertiary/aromatic N) is 2. The molecule has 1 aliphatic rings. The number of hydrogen-bond acceptors (Lipinski definition) is 7. The lowest BCUT2D eigenvalue weighted by Crippen LogP contribution is -2.46. The molecule has 1 heterocycles. The van der Waals surface area contributed by atoms with Gasteiger partial charge in [0, 0.05) is 13.0 Å². The fourth-order valence-electron chi connectivity index (χ4n) is 3.47. The van der Waals surface area contributed by atoms with E-state index >= 15 is 0 Å². The summed E-state index contributed by atoms with van der Waals surface area (Å²) in [6.07, 6.45) is -0.774. The summed E-state index contributed by atoms with van der Waals surface area (Å²) in [6, 6.07) is 14.2. The molecule has 0 radical (unpaired) electrons. The van der Waals surface area contributed by atoms with Crippen molar-refractivity contribution in [3.05, 3.63) is 59.7 Å². The summed E-state index contributed by atoms with van der Waals surface area (Å²) < 4.78 is 10.8. The van der Waals surface area contributed by atoms with Gasteiger partial charge in [-0.1, -0.05) is 36.4 Å². The van der Waals surface area contributed by atoms with Gasteiger partial charge in [-0.05, 0) is 44.0 Å². The number of rotatable bonds is 9. The number of aryl methyl sites for hydroxylation is 2. The van der Waals surface area contributed by atoms with E-state index in [2.05, 4.69) is 10.4 Å². The molecular formula is C24H29N3O5. The lowest BCUT2D eigenvalue weighted by molar-refractivity contribution is -0.135. The first-order chi connectivity index (χ1) is 15.4. The second-order valence-electron chi connectivity index (χ2n) is 7.60. The first-order valence-corrected chi connectivity index (χ1v) is 10.6. The molecule has 2 atom stereocenters. The Morgan fingerprint density at radius 2 is 1.84 bits per heavy atom. The van der Waals surface area contributed by atoms with Crippen LogP contribution in [-0.4, -0.2) is 54.6 Å². The first-order valence-electron chi connectivity index (χ1n) is 10.6. The van der Waals surface area contributed by atoms with Crippen molar-refractivity contribution >= 4 is 23.3 Å². The zero-order valence-corrected chi connectivity index (χ0v) is 18.6. The zero-order chi connectivity index (χ0) is 23.1. The van der Waals surface area contributed by atoms with Gasteiger partial charge in [0.15, 0.2) is 0 Å². The number of para-hydroxylation sites is 2. The van der Waals surface area contributed by atoms with Crippen molar-refractivity contribution in [2.45, 2.75) is 39.3 Å². The predicted molar refractivity (Wildman–Crippen MR) is 122 cm³/mol. The van der Waals surface area contributed by atoms with Crippen molar-refractivity contribution in [3.63, 3.8) is 0 Å². The maximum absolute atomic E-state index is 12.9. The van der Waals surface area contributed by atoms with Crippen LogP contribution in [0.4, 0.5) is 5.69 Å². The van der Waals surface area contributed by atoms with Crippen LogP contribution in [0.15, 0.2) is 53.6 Å². The summed E-state index contributed by atoms with van der Waals surface area (Å²) in [5, 5.41) is 18.9. The number of hydrogen-bond donors (Lipinski definition) is 2. The molecule has 1 aliphatic heterocycles. The fourth-order valence-corrected chi connectivity index (χ4v) is 3.47. The molecule has 32 heavy (non-hydrogen) atoms. The number of aliphatic hydroxyl groups excluding tert-OH is 1. The van der Waals surface area contributed by atoms with Crippen LogP contribution in [0.25, 0.3) is 0 Å². The molecule has 170 valence electrons. The number of carbonyl (C=O) groups excluding carboxylic acids is 2. The number of carbonyl (C=O) groups is 2. The quantitative estimate of drug-likeness (QED) is 0.582. The van der Waals surface area contributed by atoms with Gasteiger partial charge >= 0.3 is 5.97 Å². The van der Waals surface area contributed by atoms with E-state index in [1.807, 2.05) is 62.4 Å². The molecule has 0 aliphatic carbocycles. The third-order valence-corrected chi connectivity index (χ3v) is 5.09. The van der Waals surface area contributed by atoms with E-state index in [-0.39, 0.29) is 37.8 Å². The number of amides is 1. The SMILES string of the molecule is CCOC(=O)C1=NN(c2ccccc2)C(C(=O)NCC(O)COc2c(C)cccc2C)C1. The van der Waals surface area contributed by atoms with Gasteiger partial charge in [0.05, 0.1) is 12.3 Å². The average Bonchev–Trinajstić information content (AvgIpc) is 3.24. The molecule has 0 fully saturated rings. The number of nitrogens with one attached hydrogen (secondary N) is 1. The summed E-state index contributed by atoms with van der Waals surface area (Å²) in [4.78, 5) is 25.1. The van der Waals surface area contributed by atoms with E-state index in [9.17, 15) is 14.7 Å². The van der Waals surface area contributed by atoms with Gasteiger partial charge in [0.25, 0.3) is 0 Å². The number of benzene rings is 2. The zero-order valence-electron chi connectivity index (χ0n) is 18.6. The van der Waals surface area contributed by atoms with E-state index < -0.39 is 18.1 Å². The lowest BCUT2D eigenvalue weighted by Gasteiger charge is -2.23. The van der Waals surface area contributed by atoms with Crippen LogP contribution in [0.3, 0.4) is 0 Å². The number of esters is 1. The van der Waals surface area contributed by atoms with Gasteiger partial charge in [-0.15, -0.1) is 0 Å². The summed E-state index contributed by atoms with van der Waals surface area (Å²) in [7, 11) is 0. The minimum absolute atomic E-state index is 0.0115. The maximum Gasteiger partial charge on any atom is 0.354 e. The molecule has 0 saturated heterocycles. The molecular weight excluding hydrogens is 410 g/mol. The van der Waals surface area contributed by atoms with Gasteiger partial charge in [0.1, 0.15) is 30.2 Å². The van der Waals surface area contributed by atoms with Crippen molar-refractivity contribution in [2.24, 2.45) is 5.10 Å². The highest BCUT2D eigenvalue weighted by Crippen LogP contribution is 2.25. The minimum atomic E-state index is -0.894. The summed E-state index contributed by atoms with van der Waals surface area (Å²) in [5.41, 5.74) is 2.84. The molecule has 2 aromatic rings. The van der Waals surface area contributed by atoms with Gasteiger partial charge < -0.3 is 19.9 Å². The molecule has 0 bridgehead atoms. The van der Waals surface area contributed by atoms with E-state index in [0.717, 1.165) is 16.9 Å². The highest BCUT2D eigenvalue weighted by atomic mass is 16.5. The van der Waals surface area contributed by atoms with E-state index in [4.69, 9.17) is 9.47 Å². The predicted octanol–water partition coefficient (Wildman–Crippen LogP) is 2.36. The van der Waals surface area contributed by atoms with Crippen molar-refractivity contribution < 1.29 is 24.2 Å². The molecule has 3 rings (SSSR count). The summed E-state index contributed by atoms with van der Waals surface area (Å²) in [6.45, 7) is 5.88. The molecule has 2 aromatic carbocycles. The lowest BCUT2D eigenvalue weighted by atomic mass is 10.1. The van der Waals surface area contributed by atoms with Crippen LogP contribution in [-0.2, 0) is 14.3 Å². The number of anilines is 1. The fraction of sp³-hybridized carbons (Fsp3) is 0.375. The van der Waals surface area contributed by atoms with E-state index in [1.54, 1.807) is 6.92 Å². The topological polar surface area (TPSA) is 100 Å². The second-order valence-corrected chi connectivity index (χ2v) is 7.60. The van der Waals surface area contributed by atoms with Crippen molar-refractivity contribution in [3.8, 4) is 5.75 Å². The molecule has 2 N–H and O–H groups in total. The van der Waals surface area contributed by atoms with Gasteiger partial charge in [-0.2, -0.15) is 5.10 Å². The Morgan fingerprint density at radius 3 is 2.50 bits per heavy atom. The maximum atomic E-state index is 12.9. The van der Waals surface area contributed by atoms with Crippen molar-refractivity contribution in [1.82, 2.24) is 5.32 Å². The highest BCUT2D eigenvalue weighted by molar-refractivity contribution is 6.38. The second kappa shape index (κ2) is 10.8. The van der Waals surface area contributed by atoms with Gasteiger partial charge in [-0.25, -0.2) is 4.79 Å². The Hall–Kier alpha value is -3.39. The normalized spacial score (nSPS) is 16.3. The Bertz CT molecular complexity index is 957. The molecule has 8 heteroatoms. The summed E-state index contributed by atoms with van der Waals surface area (Å²) >= 11 is 0. The number of hydrazone groups is 1. The minimum Gasteiger partial charge on any atom is -0.490 e. The van der Waals surface area contributed by atoms with Crippen LogP contribution >= 0.6 is 0 Å². The highest BCUT2D eigenvalue weighted by Gasteiger charge is 2.36. The van der Waals surface area contributed by atoms with E-state index in [1.165, 1.54) is 5.01 Å². The Labute approximate surface area is 187 Å². The van der Waals surface area contributed by atoms with Crippen LogP contribution in [0.5, 0.6) is 5.75 Å². The molecule has 0 spiro atoms. The van der Waals surface area contributed by atoms with Crippen LogP contribution in [0.1, 0.15) is 24.5 Å². The van der Waals surface area contributed by atoms with Crippen molar-refractivity contribution in [1.29, 1.82) is 0 Å². The third-order valence-electron chi connectivity index (χ3n) is 5.09. The standard InChI is InChI=1S/C24H29N3O5/c1-4-31-24(30)20-13-21(27(26-20)18-11-6-5-7-12-18)23(29)25-14-19(28)15-32-22-16(2)9-8-10-17(22)3/h5-12,19,21,28H,4,13-15H2,1-3H3,(H,25,29). The van der Waals surface area contributed by atoms with Crippen LogP contribution < -0.4 is 15.1 Å². The molecule has 1 amide bonds. The molecule has 0 aromatic heterocycles. The van der Waals surface area contributed by atoms with Gasteiger partial charge in [-0.3, -0.25) is 9.80 Å². The summed E-state index contributed by atoms with van der Waals surface area (Å²) in [5.74, 6) is -0.148. The van der Waals surface area contributed by atoms with Crippen LogP contribution in [0, 0.1) is 13.8 Å². The van der Waals surface area contributed by atoms with E-state index in [0.29, 0.717) is 5.69 Å². The molecule has 8 nitrogen and oxygen atoms in total. The third kappa shape index (κ3) is 5.64.